The normalized spacial score (nSPS) is 9.08. The van der Waals surface area contributed by atoms with Gasteiger partial charge in [0, 0.05) is 5.69 Å². The molecule has 12 heavy (non-hydrogen) atoms. The first-order valence-electron chi connectivity index (χ1n) is 3.30. The lowest BCUT2D eigenvalue weighted by atomic mass is 10.3. The molecule has 64 valence electrons. The molecule has 0 bridgehead atoms. The number of carbonyl (C=O) groups excluding carboxylic acids is 1. The largest absolute Gasteiger partial charge is 0.334 e. The van der Waals surface area contributed by atoms with E-state index in [1.807, 2.05) is 23.1 Å². The van der Waals surface area contributed by atoms with E-state index in [1.165, 1.54) is 0 Å². The molecule has 0 fully saturated rings. The number of carbonyl (C=O) groups is 1. The third kappa shape index (κ3) is 2.77. The number of rotatable bonds is 2. The summed E-state index contributed by atoms with van der Waals surface area (Å²) in [5, 5.41) is 2.55. The van der Waals surface area contributed by atoms with Gasteiger partial charge in [-0.2, -0.15) is 0 Å². The molecule has 0 aliphatic heterocycles. The van der Waals surface area contributed by atoms with Gasteiger partial charge in [0.25, 0.3) is 0 Å². The van der Waals surface area contributed by atoms with E-state index in [2.05, 4.69) is 10.7 Å². The predicted octanol–water partition coefficient (Wildman–Crippen LogP) is 1.47. The number of nitrogens with one attached hydrogen (secondary N) is 3. The summed E-state index contributed by atoms with van der Waals surface area (Å²) in [5.41, 5.74) is 2.87. The Kier molecular flexibility index (Phi) is 3.37. The van der Waals surface area contributed by atoms with Crippen LogP contribution in [0.25, 0.3) is 0 Å². The van der Waals surface area contributed by atoms with Gasteiger partial charge in [0.15, 0.2) is 0 Å². The van der Waals surface area contributed by atoms with Crippen molar-refractivity contribution in [1.29, 1.82) is 0 Å². The second-order valence-electron chi connectivity index (χ2n) is 2.04. The lowest BCUT2D eigenvalue weighted by Crippen LogP contribution is -2.34. The molecular weight excluding hydrogens is 178 g/mol. The number of benzene rings is 1. The second-order valence-corrected chi connectivity index (χ2v) is 2.23. The van der Waals surface area contributed by atoms with Crippen molar-refractivity contribution in [3.8, 4) is 0 Å². The molecular formula is C7H8ClN3O. The van der Waals surface area contributed by atoms with Gasteiger partial charge < -0.3 is 5.32 Å². The summed E-state index contributed by atoms with van der Waals surface area (Å²) in [6.07, 6.45) is 0. The molecule has 0 aliphatic rings. The molecule has 0 saturated carbocycles. The van der Waals surface area contributed by atoms with E-state index in [4.69, 9.17) is 11.8 Å². The van der Waals surface area contributed by atoms with E-state index in [-0.39, 0.29) is 0 Å². The van der Waals surface area contributed by atoms with Crippen LogP contribution in [0.5, 0.6) is 0 Å². The summed E-state index contributed by atoms with van der Waals surface area (Å²) in [6, 6.07) is 8.65. The standard InChI is InChI=1S/C7H8ClN3O/c8-11-10-7(12)9-6-4-2-1-3-5-6/h1-5,11H,(H2,9,10,12). The van der Waals surface area contributed by atoms with Gasteiger partial charge in [-0.25, -0.2) is 4.79 Å². The van der Waals surface area contributed by atoms with Crippen LogP contribution < -0.4 is 15.7 Å². The van der Waals surface area contributed by atoms with Crippen LogP contribution in [0.4, 0.5) is 10.5 Å². The van der Waals surface area contributed by atoms with Gasteiger partial charge in [-0.15, -0.1) is 4.94 Å². The summed E-state index contributed by atoms with van der Waals surface area (Å²) < 4.78 is 0. The highest BCUT2D eigenvalue weighted by molar-refractivity contribution is 6.14. The molecule has 0 aliphatic carbocycles. The number of amides is 2. The van der Waals surface area contributed by atoms with Crippen molar-refractivity contribution < 1.29 is 4.79 Å². The van der Waals surface area contributed by atoms with Gasteiger partial charge in [0.05, 0.1) is 0 Å². The highest BCUT2D eigenvalue weighted by Crippen LogP contribution is 2.03. The average molecular weight is 186 g/mol. The number of anilines is 1. The molecule has 5 heteroatoms. The minimum absolute atomic E-state index is 0.406. The van der Waals surface area contributed by atoms with Crippen molar-refractivity contribution in [2.45, 2.75) is 0 Å². The highest BCUT2D eigenvalue weighted by atomic mass is 35.5. The predicted molar refractivity (Wildman–Crippen MR) is 47.6 cm³/mol. The smallest absolute Gasteiger partial charge is 0.307 e. The topological polar surface area (TPSA) is 53.2 Å². The molecule has 0 atom stereocenters. The third-order valence-electron chi connectivity index (χ3n) is 1.19. The summed E-state index contributed by atoms with van der Waals surface area (Å²) >= 11 is 5.04. The maximum Gasteiger partial charge on any atom is 0.334 e. The molecule has 0 spiro atoms. The van der Waals surface area contributed by atoms with Crippen LogP contribution in [-0.4, -0.2) is 6.03 Å². The number of halogens is 1. The maximum atomic E-state index is 10.8. The van der Waals surface area contributed by atoms with Crippen LogP contribution in [-0.2, 0) is 0 Å². The van der Waals surface area contributed by atoms with Crippen LogP contribution in [0, 0.1) is 0 Å². The first-order chi connectivity index (χ1) is 5.83. The van der Waals surface area contributed by atoms with E-state index >= 15 is 0 Å². The van der Waals surface area contributed by atoms with Gasteiger partial charge >= 0.3 is 6.03 Å². The van der Waals surface area contributed by atoms with E-state index in [0.29, 0.717) is 5.69 Å². The fraction of sp³-hybridized carbons (Fsp3) is 0. The average Bonchev–Trinajstić information content (AvgIpc) is 2.06. The number of hydrogen-bond donors (Lipinski definition) is 3. The Morgan fingerprint density at radius 1 is 1.25 bits per heavy atom. The Morgan fingerprint density at radius 3 is 2.50 bits per heavy atom. The molecule has 2 amide bonds. The van der Waals surface area contributed by atoms with Crippen molar-refractivity contribution in [3.05, 3.63) is 30.3 Å². The quantitative estimate of drug-likeness (QED) is 0.483. The van der Waals surface area contributed by atoms with Crippen molar-refractivity contribution in [2.75, 3.05) is 5.32 Å². The Balaban J connectivity index is 2.47. The molecule has 0 aromatic heterocycles. The minimum atomic E-state index is -0.406. The van der Waals surface area contributed by atoms with E-state index in [9.17, 15) is 4.79 Å². The van der Waals surface area contributed by atoms with Gasteiger partial charge in [0.2, 0.25) is 0 Å². The van der Waals surface area contributed by atoms with Crippen LogP contribution >= 0.6 is 11.8 Å². The molecule has 1 aromatic carbocycles. The molecule has 0 unspecified atom stereocenters. The molecule has 1 aromatic rings. The molecule has 3 N–H and O–H groups in total. The summed E-state index contributed by atoms with van der Waals surface area (Å²) in [4.78, 5) is 12.8. The first kappa shape index (κ1) is 8.83. The Labute approximate surface area is 75.0 Å². The number of para-hydroxylation sites is 1. The molecule has 0 saturated heterocycles. The fourth-order valence-electron chi connectivity index (χ4n) is 0.727. The summed E-state index contributed by atoms with van der Waals surface area (Å²) in [5.74, 6) is 0. The van der Waals surface area contributed by atoms with E-state index < -0.39 is 6.03 Å². The van der Waals surface area contributed by atoms with Crippen molar-refractivity contribution in [1.82, 2.24) is 10.4 Å². The Bertz CT molecular complexity index is 252. The lowest BCUT2D eigenvalue weighted by Gasteiger charge is -2.03. The first-order valence-corrected chi connectivity index (χ1v) is 3.68. The SMILES string of the molecule is O=C(NNCl)Nc1ccccc1. The van der Waals surface area contributed by atoms with Gasteiger partial charge in [-0.1, -0.05) is 18.2 Å². The number of urea groups is 1. The molecule has 1 rings (SSSR count). The highest BCUT2D eigenvalue weighted by Gasteiger charge is 1.97. The van der Waals surface area contributed by atoms with Crippen LogP contribution in [0.2, 0.25) is 0 Å². The van der Waals surface area contributed by atoms with Crippen LogP contribution in [0.3, 0.4) is 0 Å². The zero-order valence-corrected chi connectivity index (χ0v) is 6.93. The van der Waals surface area contributed by atoms with Crippen molar-refractivity contribution in [3.63, 3.8) is 0 Å². The lowest BCUT2D eigenvalue weighted by molar-refractivity contribution is 0.251. The van der Waals surface area contributed by atoms with Gasteiger partial charge in [-0.3, -0.25) is 5.43 Å². The Morgan fingerprint density at radius 2 is 1.92 bits per heavy atom. The van der Waals surface area contributed by atoms with Crippen LogP contribution in [0.1, 0.15) is 0 Å². The zero-order valence-electron chi connectivity index (χ0n) is 6.17. The fourth-order valence-corrected chi connectivity index (χ4v) is 0.813. The Hall–Kier alpha value is -1.26. The monoisotopic (exact) mass is 185 g/mol. The zero-order chi connectivity index (χ0) is 8.81. The second kappa shape index (κ2) is 4.58. The van der Waals surface area contributed by atoms with Gasteiger partial charge in [-0.05, 0) is 23.9 Å². The maximum absolute atomic E-state index is 10.8. The summed E-state index contributed by atoms with van der Waals surface area (Å²) in [6.45, 7) is 0. The van der Waals surface area contributed by atoms with Crippen molar-refractivity contribution >= 4 is 23.5 Å². The number of hydrazine groups is 1. The number of hydrogen-bond acceptors (Lipinski definition) is 2. The third-order valence-corrected chi connectivity index (χ3v) is 1.29. The van der Waals surface area contributed by atoms with E-state index in [0.717, 1.165) is 0 Å². The van der Waals surface area contributed by atoms with Crippen molar-refractivity contribution in [2.24, 2.45) is 0 Å². The van der Waals surface area contributed by atoms with E-state index in [1.54, 1.807) is 12.1 Å². The molecule has 0 heterocycles. The molecule has 4 nitrogen and oxygen atoms in total. The molecule has 0 radical (unpaired) electrons. The van der Waals surface area contributed by atoms with Gasteiger partial charge in [0.1, 0.15) is 0 Å². The minimum Gasteiger partial charge on any atom is -0.307 e. The van der Waals surface area contributed by atoms with Crippen LogP contribution in [0.15, 0.2) is 30.3 Å². The summed E-state index contributed by atoms with van der Waals surface area (Å²) in [7, 11) is 0.